The Balaban J connectivity index is 1.35. The van der Waals surface area contributed by atoms with E-state index >= 15 is 0 Å². The molecule has 0 unspecified atom stereocenters. The number of hydrogen-bond acceptors (Lipinski definition) is 6. The minimum absolute atomic E-state index is 0.00189. The van der Waals surface area contributed by atoms with Crippen LogP contribution in [0.5, 0.6) is 0 Å². The lowest BCUT2D eigenvalue weighted by Crippen LogP contribution is -2.46. The van der Waals surface area contributed by atoms with Gasteiger partial charge in [-0.2, -0.15) is 0 Å². The first kappa shape index (κ1) is 20.5. The van der Waals surface area contributed by atoms with Crippen LogP contribution in [0.25, 0.3) is 11.8 Å². The SMILES string of the molecule is CSc1ccc2c(c1)C(N1CCN(CCC3OCCO3)CC1)=Cc1ccccc1S2. The maximum Gasteiger partial charge on any atom is 0.159 e. The number of hydrogen-bond donors (Lipinski definition) is 0. The van der Waals surface area contributed by atoms with Gasteiger partial charge in [-0.05, 0) is 42.2 Å². The van der Waals surface area contributed by atoms with Gasteiger partial charge in [0.15, 0.2) is 6.29 Å². The normalized spacial score (nSPS) is 19.9. The standard InChI is InChI=1S/C24H28N2O2S2/c1-29-19-6-7-23-20(17-19)21(16-18-4-2-3-5-22(18)30-23)26-12-10-25(11-13-26)9-8-24-27-14-15-28-24/h2-7,16-17,24H,8-15H2,1H3. The van der Waals surface area contributed by atoms with Gasteiger partial charge in [0.1, 0.15) is 0 Å². The Hall–Kier alpha value is -1.44. The van der Waals surface area contributed by atoms with Crippen molar-refractivity contribution in [2.45, 2.75) is 27.4 Å². The number of nitrogens with zero attached hydrogens (tertiary/aromatic N) is 2. The molecule has 3 aliphatic heterocycles. The van der Waals surface area contributed by atoms with Gasteiger partial charge in [-0.3, -0.25) is 4.90 Å². The summed E-state index contributed by atoms with van der Waals surface area (Å²) in [6.07, 6.45) is 5.51. The van der Waals surface area contributed by atoms with Crippen molar-refractivity contribution in [3.63, 3.8) is 0 Å². The van der Waals surface area contributed by atoms with Gasteiger partial charge < -0.3 is 14.4 Å². The van der Waals surface area contributed by atoms with E-state index < -0.39 is 0 Å². The average Bonchev–Trinajstić information content (AvgIpc) is 3.26. The Bertz CT molecular complexity index is 919. The molecule has 158 valence electrons. The molecule has 30 heavy (non-hydrogen) atoms. The molecule has 0 amide bonds. The molecule has 0 bridgehead atoms. The zero-order chi connectivity index (χ0) is 20.3. The molecule has 3 aliphatic rings. The maximum atomic E-state index is 5.60. The van der Waals surface area contributed by atoms with Gasteiger partial charge in [0.25, 0.3) is 0 Å². The van der Waals surface area contributed by atoms with Crippen LogP contribution in [0.3, 0.4) is 0 Å². The lowest BCUT2D eigenvalue weighted by atomic mass is 10.1. The quantitative estimate of drug-likeness (QED) is 0.622. The van der Waals surface area contributed by atoms with Crippen LogP contribution < -0.4 is 0 Å². The lowest BCUT2D eigenvalue weighted by Gasteiger charge is -2.38. The Morgan fingerprint density at radius 2 is 1.80 bits per heavy atom. The Morgan fingerprint density at radius 3 is 2.60 bits per heavy atom. The Kier molecular flexibility index (Phi) is 6.39. The highest BCUT2D eigenvalue weighted by Crippen LogP contribution is 2.42. The molecule has 0 aliphatic carbocycles. The summed E-state index contributed by atoms with van der Waals surface area (Å²) in [5, 5.41) is 0. The van der Waals surface area contributed by atoms with E-state index in [1.165, 1.54) is 31.5 Å². The van der Waals surface area contributed by atoms with E-state index in [1.807, 2.05) is 23.5 Å². The van der Waals surface area contributed by atoms with E-state index in [0.717, 1.165) is 52.4 Å². The summed E-state index contributed by atoms with van der Waals surface area (Å²) in [4.78, 5) is 9.12. The molecule has 6 heteroatoms. The number of piperazine rings is 1. The highest BCUT2D eigenvalue weighted by Gasteiger charge is 2.25. The van der Waals surface area contributed by atoms with Gasteiger partial charge in [-0.15, -0.1) is 11.8 Å². The van der Waals surface area contributed by atoms with E-state index in [-0.39, 0.29) is 6.29 Å². The zero-order valence-corrected chi connectivity index (χ0v) is 19.0. The second-order valence-corrected chi connectivity index (χ2v) is 9.78. The van der Waals surface area contributed by atoms with Crippen LogP contribution >= 0.6 is 23.5 Å². The molecule has 0 N–H and O–H groups in total. The van der Waals surface area contributed by atoms with Crippen molar-refractivity contribution in [1.29, 1.82) is 0 Å². The molecule has 0 saturated carbocycles. The highest BCUT2D eigenvalue weighted by molar-refractivity contribution is 7.99. The second kappa shape index (κ2) is 9.37. The smallest absolute Gasteiger partial charge is 0.159 e. The third-order valence-corrected chi connectivity index (χ3v) is 7.87. The number of fused-ring (bicyclic) bond motifs is 2. The first-order valence-corrected chi connectivity index (χ1v) is 12.7. The number of rotatable bonds is 5. The van der Waals surface area contributed by atoms with Gasteiger partial charge in [0, 0.05) is 65.1 Å². The summed E-state index contributed by atoms with van der Waals surface area (Å²) in [7, 11) is 0. The van der Waals surface area contributed by atoms with Gasteiger partial charge in [-0.1, -0.05) is 30.0 Å². The molecular weight excluding hydrogens is 412 g/mol. The fraction of sp³-hybridized carbons (Fsp3) is 0.417. The molecule has 2 aromatic carbocycles. The predicted octanol–water partition coefficient (Wildman–Crippen LogP) is 4.75. The van der Waals surface area contributed by atoms with E-state index in [2.05, 4.69) is 64.6 Å². The highest BCUT2D eigenvalue weighted by atomic mass is 32.2. The molecule has 0 aromatic heterocycles. The van der Waals surface area contributed by atoms with E-state index in [1.54, 1.807) is 0 Å². The average molecular weight is 441 g/mol. The van der Waals surface area contributed by atoms with Crippen LogP contribution in [0.15, 0.2) is 57.2 Å². The molecule has 2 fully saturated rings. The molecule has 3 heterocycles. The van der Waals surface area contributed by atoms with Crippen molar-refractivity contribution < 1.29 is 9.47 Å². The maximum absolute atomic E-state index is 5.60. The van der Waals surface area contributed by atoms with Gasteiger partial charge in [-0.25, -0.2) is 0 Å². The number of thioether (sulfide) groups is 1. The monoisotopic (exact) mass is 440 g/mol. The molecule has 2 aromatic rings. The van der Waals surface area contributed by atoms with Crippen LogP contribution in [0, 0.1) is 0 Å². The van der Waals surface area contributed by atoms with Crippen molar-refractivity contribution in [3.05, 3.63) is 53.6 Å². The third kappa shape index (κ3) is 4.43. The second-order valence-electron chi connectivity index (χ2n) is 7.82. The van der Waals surface area contributed by atoms with Gasteiger partial charge >= 0.3 is 0 Å². The summed E-state index contributed by atoms with van der Waals surface area (Å²) < 4.78 is 11.2. The largest absolute Gasteiger partial charge is 0.368 e. The topological polar surface area (TPSA) is 24.9 Å². The Morgan fingerprint density at radius 1 is 1.00 bits per heavy atom. The van der Waals surface area contributed by atoms with E-state index in [9.17, 15) is 0 Å². The summed E-state index contributed by atoms with van der Waals surface area (Å²) in [6, 6.07) is 15.6. The molecule has 0 spiro atoms. The molecular formula is C24H28N2O2S2. The van der Waals surface area contributed by atoms with Crippen LogP contribution in [-0.2, 0) is 9.47 Å². The fourth-order valence-electron chi connectivity index (χ4n) is 4.30. The lowest BCUT2D eigenvalue weighted by molar-refractivity contribution is -0.0526. The van der Waals surface area contributed by atoms with Gasteiger partial charge in [0.05, 0.1) is 13.2 Å². The minimum Gasteiger partial charge on any atom is -0.368 e. The summed E-state index contributed by atoms with van der Waals surface area (Å²) >= 11 is 3.70. The molecule has 0 atom stereocenters. The molecule has 2 saturated heterocycles. The van der Waals surface area contributed by atoms with Crippen LogP contribution in [-0.4, -0.2) is 68.3 Å². The van der Waals surface area contributed by atoms with Crippen molar-refractivity contribution in [3.8, 4) is 0 Å². The predicted molar refractivity (Wildman–Crippen MR) is 125 cm³/mol. The van der Waals surface area contributed by atoms with Crippen molar-refractivity contribution >= 4 is 35.3 Å². The molecule has 0 radical (unpaired) electrons. The van der Waals surface area contributed by atoms with Crippen molar-refractivity contribution in [1.82, 2.24) is 9.80 Å². The fourth-order valence-corrected chi connectivity index (χ4v) is 5.78. The first-order chi connectivity index (χ1) is 14.8. The van der Waals surface area contributed by atoms with Crippen LogP contribution in [0.1, 0.15) is 17.5 Å². The van der Waals surface area contributed by atoms with Crippen LogP contribution in [0.4, 0.5) is 0 Å². The molecule has 4 nitrogen and oxygen atoms in total. The summed E-state index contributed by atoms with van der Waals surface area (Å²) in [6.45, 7) is 6.78. The first-order valence-electron chi connectivity index (χ1n) is 10.7. The summed E-state index contributed by atoms with van der Waals surface area (Å²) in [5.74, 6) is 0. The van der Waals surface area contributed by atoms with Crippen molar-refractivity contribution in [2.75, 3.05) is 52.2 Å². The molecule has 5 rings (SSSR count). The van der Waals surface area contributed by atoms with Crippen molar-refractivity contribution in [2.24, 2.45) is 0 Å². The van der Waals surface area contributed by atoms with Crippen LogP contribution in [0.2, 0.25) is 0 Å². The van der Waals surface area contributed by atoms with E-state index in [4.69, 9.17) is 9.47 Å². The minimum atomic E-state index is -0.00189. The Labute approximate surface area is 187 Å². The summed E-state index contributed by atoms with van der Waals surface area (Å²) in [5.41, 5.74) is 4.04. The van der Waals surface area contributed by atoms with Gasteiger partial charge in [0.2, 0.25) is 0 Å². The number of ether oxygens (including phenoxy) is 2. The van der Waals surface area contributed by atoms with E-state index in [0.29, 0.717) is 0 Å². The number of benzene rings is 2. The zero-order valence-electron chi connectivity index (χ0n) is 17.4. The third-order valence-electron chi connectivity index (χ3n) is 5.98.